The first-order valence-corrected chi connectivity index (χ1v) is 6.66. The molecule has 0 spiro atoms. The van der Waals surface area contributed by atoms with E-state index in [1.807, 2.05) is 0 Å². The minimum atomic E-state index is -4.41. The van der Waals surface area contributed by atoms with Gasteiger partial charge in [0, 0.05) is 11.9 Å². The van der Waals surface area contributed by atoms with E-state index < -0.39 is 17.7 Å². The number of anilines is 1. The molecule has 1 N–H and O–H groups in total. The van der Waals surface area contributed by atoms with Gasteiger partial charge < -0.3 is 10.0 Å². The van der Waals surface area contributed by atoms with Crippen LogP contribution in [0.25, 0.3) is 0 Å². The highest BCUT2D eigenvalue weighted by Crippen LogP contribution is 2.48. The topological polar surface area (TPSA) is 40.5 Å². The van der Waals surface area contributed by atoms with Crippen LogP contribution in [-0.4, -0.2) is 18.1 Å². The number of benzene rings is 1. The lowest BCUT2D eigenvalue weighted by Gasteiger charge is -2.17. The van der Waals surface area contributed by atoms with Gasteiger partial charge in [-0.15, -0.1) is 0 Å². The third-order valence-electron chi connectivity index (χ3n) is 3.03. The van der Waals surface area contributed by atoms with E-state index in [2.05, 4.69) is 0 Å². The Morgan fingerprint density at radius 1 is 1.40 bits per heavy atom. The molecular formula is C13H12F3NO2S. The van der Waals surface area contributed by atoms with Gasteiger partial charge in [-0.2, -0.15) is 13.2 Å². The maximum Gasteiger partial charge on any atom is 0.416 e. The van der Waals surface area contributed by atoms with E-state index in [0.717, 1.165) is 12.1 Å². The number of alkyl halides is 3. The van der Waals surface area contributed by atoms with E-state index in [1.165, 1.54) is 22.7 Å². The molecule has 0 saturated carbocycles. The van der Waals surface area contributed by atoms with Crippen molar-refractivity contribution >= 4 is 23.4 Å². The monoisotopic (exact) mass is 303 g/mol. The molecule has 0 aliphatic carbocycles. The van der Waals surface area contributed by atoms with Crippen LogP contribution in [0.3, 0.4) is 0 Å². The molecule has 0 atom stereocenters. The molecule has 1 aliphatic rings. The Bertz CT molecular complexity index is 596. The summed E-state index contributed by atoms with van der Waals surface area (Å²) in [5, 5.41) is 9.60. The van der Waals surface area contributed by atoms with Gasteiger partial charge in [0.25, 0.3) is 0 Å². The predicted octanol–water partition coefficient (Wildman–Crippen LogP) is 3.95. The number of carboxylic acids is 1. The van der Waals surface area contributed by atoms with Crippen LogP contribution in [0, 0.1) is 0 Å². The summed E-state index contributed by atoms with van der Waals surface area (Å²) in [4.78, 5) is 13.3. The average molecular weight is 303 g/mol. The molecule has 0 bridgehead atoms. The molecular weight excluding hydrogens is 291 g/mol. The van der Waals surface area contributed by atoms with Crippen molar-refractivity contribution in [2.75, 3.05) is 11.9 Å². The summed E-state index contributed by atoms with van der Waals surface area (Å²) >= 11 is 1.18. The number of hydrogen-bond donors (Lipinski definition) is 1. The fourth-order valence-electron chi connectivity index (χ4n) is 1.98. The maximum absolute atomic E-state index is 12.7. The normalized spacial score (nSPS) is 17.1. The molecule has 1 aromatic rings. The van der Waals surface area contributed by atoms with E-state index in [9.17, 15) is 18.0 Å². The van der Waals surface area contributed by atoms with Gasteiger partial charge in [0.1, 0.15) is 0 Å². The minimum absolute atomic E-state index is 0.197. The zero-order valence-corrected chi connectivity index (χ0v) is 11.6. The highest BCUT2D eigenvalue weighted by Gasteiger charge is 2.34. The third kappa shape index (κ3) is 2.49. The molecule has 20 heavy (non-hydrogen) atoms. The number of hydrogen-bond acceptors (Lipinski definition) is 3. The molecule has 0 radical (unpaired) electrons. The lowest BCUT2D eigenvalue weighted by Crippen LogP contribution is -2.16. The standard InChI is InChI=1S/C13H12F3NO2S/c1-3-8(12(18)19)11-17(2)9-6-7(13(14,15)16)4-5-10(9)20-11/h4-6H,3H2,1-2H3,(H,18,19). The summed E-state index contributed by atoms with van der Waals surface area (Å²) in [7, 11) is 1.58. The SMILES string of the molecule is CCC(C(=O)O)=C1Sc2ccc(C(F)(F)F)cc2N1C. The quantitative estimate of drug-likeness (QED) is 0.840. The van der Waals surface area contributed by atoms with Crippen molar-refractivity contribution in [1.29, 1.82) is 0 Å². The number of halogens is 3. The second-order valence-electron chi connectivity index (χ2n) is 4.28. The molecule has 3 nitrogen and oxygen atoms in total. The molecule has 108 valence electrons. The van der Waals surface area contributed by atoms with Crippen molar-refractivity contribution in [3.8, 4) is 0 Å². The third-order valence-corrected chi connectivity index (χ3v) is 4.31. The first-order chi connectivity index (χ1) is 9.25. The van der Waals surface area contributed by atoms with Crippen LogP contribution in [0.4, 0.5) is 18.9 Å². The van der Waals surface area contributed by atoms with Crippen molar-refractivity contribution < 1.29 is 23.1 Å². The van der Waals surface area contributed by atoms with Gasteiger partial charge in [-0.3, -0.25) is 0 Å². The van der Waals surface area contributed by atoms with E-state index in [-0.39, 0.29) is 5.57 Å². The van der Waals surface area contributed by atoms with Gasteiger partial charge in [-0.05, 0) is 24.6 Å². The number of thioether (sulfide) groups is 1. The van der Waals surface area contributed by atoms with Crippen LogP contribution >= 0.6 is 11.8 Å². The zero-order chi connectivity index (χ0) is 15.1. The first kappa shape index (κ1) is 14.8. The van der Waals surface area contributed by atoms with Crippen LogP contribution in [0.1, 0.15) is 18.9 Å². The fraction of sp³-hybridized carbons (Fsp3) is 0.308. The summed E-state index contributed by atoms with van der Waals surface area (Å²) in [5.74, 6) is -1.05. The molecule has 0 unspecified atom stereocenters. The van der Waals surface area contributed by atoms with Crippen molar-refractivity contribution in [2.45, 2.75) is 24.4 Å². The van der Waals surface area contributed by atoms with Crippen LogP contribution in [-0.2, 0) is 11.0 Å². The van der Waals surface area contributed by atoms with E-state index >= 15 is 0 Å². The molecule has 1 aromatic carbocycles. The average Bonchev–Trinajstić information content (AvgIpc) is 2.66. The molecule has 0 amide bonds. The Morgan fingerprint density at radius 2 is 2.05 bits per heavy atom. The second kappa shape index (κ2) is 5.05. The van der Waals surface area contributed by atoms with Crippen LogP contribution < -0.4 is 4.90 Å². The first-order valence-electron chi connectivity index (χ1n) is 5.85. The van der Waals surface area contributed by atoms with E-state index in [4.69, 9.17) is 5.11 Å². The predicted molar refractivity (Wildman–Crippen MR) is 70.7 cm³/mol. The summed E-state index contributed by atoms with van der Waals surface area (Å²) < 4.78 is 38.1. The molecule has 0 saturated heterocycles. The summed E-state index contributed by atoms with van der Waals surface area (Å²) in [6.45, 7) is 1.70. The largest absolute Gasteiger partial charge is 0.478 e. The Balaban J connectivity index is 2.49. The lowest BCUT2D eigenvalue weighted by molar-refractivity contribution is -0.137. The van der Waals surface area contributed by atoms with Crippen molar-refractivity contribution in [3.05, 3.63) is 34.4 Å². The van der Waals surface area contributed by atoms with Gasteiger partial charge in [-0.1, -0.05) is 18.7 Å². The highest BCUT2D eigenvalue weighted by atomic mass is 32.2. The second-order valence-corrected chi connectivity index (χ2v) is 5.31. The number of nitrogens with zero attached hydrogens (tertiary/aromatic N) is 1. The van der Waals surface area contributed by atoms with Crippen LogP contribution in [0.2, 0.25) is 0 Å². The fourth-order valence-corrected chi connectivity index (χ4v) is 3.22. The number of carbonyl (C=O) groups is 1. The Morgan fingerprint density at radius 3 is 2.55 bits per heavy atom. The Hall–Kier alpha value is -1.63. The molecule has 1 aliphatic heterocycles. The lowest BCUT2D eigenvalue weighted by atomic mass is 10.1. The summed E-state index contributed by atoms with van der Waals surface area (Å²) in [6, 6.07) is 3.43. The smallest absolute Gasteiger partial charge is 0.416 e. The van der Waals surface area contributed by atoms with E-state index in [0.29, 0.717) is 22.0 Å². The van der Waals surface area contributed by atoms with Crippen molar-refractivity contribution in [2.24, 2.45) is 0 Å². The molecule has 2 rings (SSSR count). The number of carboxylic acid groups (broad SMARTS) is 1. The Labute approximate surface area is 118 Å². The Kier molecular flexibility index (Phi) is 3.73. The van der Waals surface area contributed by atoms with Gasteiger partial charge in [0.05, 0.1) is 21.9 Å². The van der Waals surface area contributed by atoms with Crippen LogP contribution in [0.15, 0.2) is 33.7 Å². The molecule has 0 fully saturated rings. The zero-order valence-electron chi connectivity index (χ0n) is 10.8. The van der Waals surface area contributed by atoms with Crippen molar-refractivity contribution in [1.82, 2.24) is 0 Å². The van der Waals surface area contributed by atoms with Crippen LogP contribution in [0.5, 0.6) is 0 Å². The van der Waals surface area contributed by atoms with Gasteiger partial charge in [-0.25, -0.2) is 4.79 Å². The number of aliphatic carboxylic acids is 1. The minimum Gasteiger partial charge on any atom is -0.478 e. The van der Waals surface area contributed by atoms with E-state index in [1.54, 1.807) is 14.0 Å². The van der Waals surface area contributed by atoms with Gasteiger partial charge in [0.2, 0.25) is 0 Å². The number of rotatable bonds is 2. The molecule has 7 heteroatoms. The number of fused-ring (bicyclic) bond motifs is 1. The molecule has 0 aromatic heterocycles. The summed E-state index contributed by atoms with van der Waals surface area (Å²) in [6.07, 6.45) is -4.10. The summed E-state index contributed by atoms with van der Waals surface area (Å²) in [5.41, 5.74) is -0.160. The maximum atomic E-state index is 12.7. The van der Waals surface area contributed by atoms with Gasteiger partial charge in [0.15, 0.2) is 0 Å². The van der Waals surface area contributed by atoms with Crippen molar-refractivity contribution in [3.63, 3.8) is 0 Å². The highest BCUT2D eigenvalue weighted by molar-refractivity contribution is 8.03. The molecule has 1 heterocycles. The van der Waals surface area contributed by atoms with Gasteiger partial charge >= 0.3 is 12.1 Å².